The van der Waals surface area contributed by atoms with Gasteiger partial charge in [0.25, 0.3) is 0 Å². The Morgan fingerprint density at radius 3 is 2.00 bits per heavy atom. The van der Waals surface area contributed by atoms with Crippen molar-refractivity contribution in [3.8, 4) is 0 Å². The van der Waals surface area contributed by atoms with Crippen LogP contribution in [0.1, 0.15) is 25.7 Å². The van der Waals surface area contributed by atoms with E-state index in [2.05, 4.69) is 15.1 Å². The number of hydrogen-bond acceptors (Lipinski definition) is 7. The Hall–Kier alpha value is -3.00. The maximum atomic E-state index is 14.3. The Morgan fingerprint density at radius 1 is 0.868 bits per heavy atom. The van der Waals surface area contributed by atoms with Gasteiger partial charge in [0.1, 0.15) is 17.3 Å². The van der Waals surface area contributed by atoms with Crippen molar-refractivity contribution in [3.05, 3.63) is 35.2 Å². The first-order chi connectivity index (χ1) is 18.2. The molecule has 0 bridgehead atoms. The molecule has 0 saturated carbocycles. The minimum absolute atomic E-state index is 0.181. The summed E-state index contributed by atoms with van der Waals surface area (Å²) in [7, 11) is 1.75. The molecule has 4 rings (SSSR count). The highest BCUT2D eigenvalue weighted by Gasteiger charge is 2.30. The summed E-state index contributed by atoms with van der Waals surface area (Å²) in [5.41, 5.74) is 4.41. The molecule has 1 aromatic heterocycles. The molecule has 1 aromatic carbocycles. The van der Waals surface area contributed by atoms with E-state index in [-0.39, 0.29) is 13.1 Å². The van der Waals surface area contributed by atoms with Crippen LogP contribution < -0.4 is 25.8 Å². The lowest BCUT2D eigenvalue weighted by atomic mass is 10.2. The highest BCUT2D eigenvalue weighted by atomic mass is 32.1. The Balaban J connectivity index is 1.38. The van der Waals surface area contributed by atoms with E-state index in [4.69, 9.17) is 27.9 Å². The van der Waals surface area contributed by atoms with E-state index < -0.39 is 39.9 Å². The predicted octanol–water partition coefficient (Wildman–Crippen LogP) is 3.47. The zero-order chi connectivity index (χ0) is 27.4. The van der Waals surface area contributed by atoms with E-state index >= 15 is 0 Å². The molecule has 0 radical (unpaired) electrons. The number of benzene rings is 1. The van der Waals surface area contributed by atoms with Crippen LogP contribution in [0.2, 0.25) is 0 Å². The number of aromatic nitrogens is 2. The van der Waals surface area contributed by atoms with E-state index in [0.29, 0.717) is 29.8 Å². The van der Waals surface area contributed by atoms with E-state index in [0.717, 1.165) is 57.7 Å². The quantitative estimate of drug-likeness (QED) is 0.197. The highest BCUT2D eigenvalue weighted by Crippen LogP contribution is 2.30. The third-order valence-electron chi connectivity index (χ3n) is 6.75. The van der Waals surface area contributed by atoms with Crippen LogP contribution in [0, 0.1) is 29.1 Å². The number of anilines is 4. The smallest absolute Gasteiger partial charge is 0.229 e. The van der Waals surface area contributed by atoms with Crippen LogP contribution in [0.15, 0.2) is 6.07 Å². The SMILES string of the molecule is CN(CCNc1cc(N2CCCC2)nc(N2CCCC2)n1)CCN(C(N)=S)c1c(F)c(F)c(F)c(F)c1F. The minimum atomic E-state index is -2.24. The highest BCUT2D eigenvalue weighted by molar-refractivity contribution is 7.80. The van der Waals surface area contributed by atoms with E-state index in [1.54, 1.807) is 7.05 Å². The Morgan fingerprint density at radius 2 is 1.42 bits per heavy atom. The predicted molar refractivity (Wildman–Crippen MR) is 141 cm³/mol. The van der Waals surface area contributed by atoms with Crippen molar-refractivity contribution in [1.29, 1.82) is 0 Å². The average molecular weight is 559 g/mol. The molecule has 2 aliphatic rings. The molecule has 14 heteroatoms. The molecule has 3 heterocycles. The van der Waals surface area contributed by atoms with Gasteiger partial charge in [0.2, 0.25) is 11.8 Å². The molecule has 0 atom stereocenters. The third kappa shape index (κ3) is 6.17. The normalized spacial score (nSPS) is 15.6. The van der Waals surface area contributed by atoms with Crippen LogP contribution in [0.4, 0.5) is 45.2 Å². The molecular formula is C24H31F5N8S. The van der Waals surface area contributed by atoms with Crippen LogP contribution in [-0.2, 0) is 0 Å². The molecule has 3 N–H and O–H groups in total. The summed E-state index contributed by atoms with van der Waals surface area (Å²) in [5, 5.41) is 2.80. The van der Waals surface area contributed by atoms with Crippen molar-refractivity contribution in [1.82, 2.24) is 14.9 Å². The second kappa shape index (κ2) is 12.2. The Labute approximate surface area is 223 Å². The van der Waals surface area contributed by atoms with Gasteiger partial charge < -0.3 is 30.7 Å². The number of hydrogen-bond donors (Lipinski definition) is 2. The van der Waals surface area contributed by atoms with E-state index in [9.17, 15) is 22.0 Å². The lowest BCUT2D eigenvalue weighted by molar-refractivity contribution is 0.353. The molecule has 0 spiro atoms. The first kappa shape index (κ1) is 28.0. The summed E-state index contributed by atoms with van der Waals surface area (Å²) in [4.78, 5) is 16.4. The fourth-order valence-corrected chi connectivity index (χ4v) is 4.78. The number of nitrogens with one attached hydrogen (secondary N) is 1. The summed E-state index contributed by atoms with van der Waals surface area (Å²) >= 11 is 4.83. The maximum absolute atomic E-state index is 14.3. The fraction of sp³-hybridized carbons (Fsp3) is 0.542. The first-order valence-corrected chi connectivity index (χ1v) is 13.0. The minimum Gasteiger partial charge on any atom is -0.376 e. The van der Waals surface area contributed by atoms with Gasteiger partial charge in [-0.2, -0.15) is 9.97 Å². The first-order valence-electron chi connectivity index (χ1n) is 12.6. The molecule has 2 fully saturated rings. The average Bonchev–Trinajstić information content (AvgIpc) is 3.63. The van der Waals surface area contributed by atoms with Crippen molar-refractivity contribution in [2.75, 3.05) is 79.4 Å². The maximum Gasteiger partial charge on any atom is 0.229 e. The number of halogens is 5. The van der Waals surface area contributed by atoms with Crippen molar-refractivity contribution in [2.45, 2.75) is 25.7 Å². The lowest BCUT2D eigenvalue weighted by Crippen LogP contribution is -2.42. The standard InChI is InChI=1S/C24H31F5N8S/c1-34(12-13-37(23(30)38)22-20(28)18(26)17(25)19(27)21(22)29)11-6-31-15-14-16(35-7-2-3-8-35)33-24(32-15)36-9-4-5-10-36/h14H,2-13H2,1H3,(H2,30,38)(H,31,32,33). The summed E-state index contributed by atoms with van der Waals surface area (Å²) in [6, 6.07) is 1.93. The molecule has 38 heavy (non-hydrogen) atoms. The summed E-state index contributed by atoms with van der Waals surface area (Å²) in [6.45, 7) is 4.74. The Bertz CT molecular complexity index is 1090. The van der Waals surface area contributed by atoms with Crippen LogP contribution >= 0.6 is 12.2 Å². The molecule has 2 saturated heterocycles. The molecule has 0 aliphatic carbocycles. The number of thiocarbonyl (C=S) groups is 1. The number of rotatable bonds is 10. The van der Waals surface area contributed by atoms with Crippen molar-refractivity contribution < 1.29 is 22.0 Å². The fourth-order valence-electron chi connectivity index (χ4n) is 4.60. The zero-order valence-electron chi connectivity index (χ0n) is 21.1. The van der Waals surface area contributed by atoms with Crippen LogP contribution in [-0.4, -0.2) is 79.4 Å². The van der Waals surface area contributed by atoms with Gasteiger partial charge in [-0.3, -0.25) is 0 Å². The molecule has 2 aromatic rings. The van der Waals surface area contributed by atoms with Crippen molar-refractivity contribution in [3.63, 3.8) is 0 Å². The molecule has 208 valence electrons. The number of nitrogens with two attached hydrogens (primary N) is 1. The molecule has 8 nitrogen and oxygen atoms in total. The van der Waals surface area contributed by atoms with Crippen LogP contribution in [0.5, 0.6) is 0 Å². The Kier molecular flexibility index (Phi) is 9.03. The molecule has 0 amide bonds. The molecule has 2 aliphatic heterocycles. The van der Waals surface area contributed by atoms with Crippen LogP contribution in [0.25, 0.3) is 0 Å². The van der Waals surface area contributed by atoms with Gasteiger partial charge in [0.05, 0.1) is 0 Å². The largest absolute Gasteiger partial charge is 0.376 e. The zero-order valence-corrected chi connectivity index (χ0v) is 21.9. The summed E-state index contributed by atoms with van der Waals surface area (Å²) < 4.78 is 69.4. The van der Waals surface area contributed by atoms with Gasteiger partial charge >= 0.3 is 0 Å². The summed E-state index contributed by atoms with van der Waals surface area (Å²) in [5.74, 6) is -8.00. The van der Waals surface area contributed by atoms with Gasteiger partial charge in [0, 0.05) is 58.4 Å². The number of likely N-dealkylation sites (N-methyl/N-ethyl adjacent to an activating group) is 1. The monoisotopic (exact) mass is 558 g/mol. The van der Waals surface area contributed by atoms with Gasteiger partial charge in [-0.05, 0) is 44.9 Å². The third-order valence-corrected chi connectivity index (χ3v) is 6.97. The van der Waals surface area contributed by atoms with Gasteiger partial charge in [-0.25, -0.2) is 22.0 Å². The van der Waals surface area contributed by atoms with E-state index in [1.165, 1.54) is 0 Å². The van der Waals surface area contributed by atoms with Crippen molar-refractivity contribution in [2.24, 2.45) is 5.73 Å². The van der Waals surface area contributed by atoms with Gasteiger partial charge in [-0.15, -0.1) is 0 Å². The van der Waals surface area contributed by atoms with Crippen molar-refractivity contribution >= 4 is 40.6 Å². The topological polar surface area (TPSA) is 76.8 Å². The second-order valence-corrected chi connectivity index (χ2v) is 9.86. The molecular weight excluding hydrogens is 527 g/mol. The molecule has 0 unspecified atom stereocenters. The second-order valence-electron chi connectivity index (χ2n) is 9.44. The van der Waals surface area contributed by atoms with Crippen LogP contribution in [0.3, 0.4) is 0 Å². The van der Waals surface area contributed by atoms with Gasteiger partial charge in [0.15, 0.2) is 28.4 Å². The number of nitrogens with zero attached hydrogens (tertiary/aromatic N) is 6. The summed E-state index contributed by atoms with van der Waals surface area (Å²) in [6.07, 6.45) is 4.48. The van der Waals surface area contributed by atoms with Gasteiger partial charge in [-0.1, -0.05) is 0 Å². The van der Waals surface area contributed by atoms with E-state index in [1.807, 2.05) is 11.0 Å². The lowest BCUT2D eigenvalue weighted by Gasteiger charge is -2.27.